The van der Waals surface area contributed by atoms with E-state index < -0.39 is 22.8 Å². The van der Waals surface area contributed by atoms with Crippen molar-refractivity contribution in [3.63, 3.8) is 0 Å². The molecular formula is C9H15F2N3O2S2. The summed E-state index contributed by atoms with van der Waals surface area (Å²) in [5.74, 6) is -0.199. The number of alkyl halides is 2. The normalized spacial score (nSPS) is 12.1. The molecule has 0 unspecified atom stereocenters. The molecule has 1 aromatic rings. The molecule has 104 valence electrons. The van der Waals surface area contributed by atoms with Crippen LogP contribution < -0.4 is 10.6 Å². The molecule has 0 saturated heterocycles. The van der Waals surface area contributed by atoms with E-state index >= 15 is 0 Å². The smallest absolute Gasteiger partial charge is 0.255 e. The van der Waals surface area contributed by atoms with E-state index in [-0.39, 0.29) is 21.5 Å². The quantitative estimate of drug-likeness (QED) is 0.863. The number of nitrogens with zero attached hydrogens (tertiary/aromatic N) is 2. The van der Waals surface area contributed by atoms with Crippen LogP contribution in [0.4, 0.5) is 19.6 Å². The van der Waals surface area contributed by atoms with Crippen LogP contribution in [-0.4, -0.2) is 38.6 Å². The molecule has 0 saturated carbocycles. The Kier molecular flexibility index (Phi) is 4.85. The maximum atomic E-state index is 12.3. The topological polar surface area (TPSA) is 76.3 Å². The average molecular weight is 299 g/mol. The van der Waals surface area contributed by atoms with Crippen LogP contribution >= 0.6 is 11.5 Å². The number of hydrogen-bond acceptors (Lipinski definition) is 6. The van der Waals surface area contributed by atoms with E-state index in [2.05, 4.69) is 4.37 Å². The Morgan fingerprint density at radius 1 is 1.50 bits per heavy atom. The molecule has 0 radical (unpaired) electrons. The van der Waals surface area contributed by atoms with Crippen molar-refractivity contribution in [2.24, 2.45) is 0 Å². The van der Waals surface area contributed by atoms with Crippen LogP contribution in [0.25, 0.3) is 0 Å². The summed E-state index contributed by atoms with van der Waals surface area (Å²) >= 11 is 0.817. The zero-order valence-corrected chi connectivity index (χ0v) is 11.7. The van der Waals surface area contributed by atoms with Crippen molar-refractivity contribution in [3.8, 4) is 0 Å². The van der Waals surface area contributed by atoms with Crippen molar-refractivity contribution in [1.82, 2.24) is 4.37 Å². The lowest BCUT2D eigenvalue weighted by atomic mass is 10.5. The van der Waals surface area contributed by atoms with E-state index in [9.17, 15) is 17.2 Å². The minimum absolute atomic E-state index is 0.0782. The van der Waals surface area contributed by atoms with Crippen LogP contribution in [0.5, 0.6) is 0 Å². The van der Waals surface area contributed by atoms with Gasteiger partial charge >= 0.3 is 0 Å². The van der Waals surface area contributed by atoms with Gasteiger partial charge in [0.05, 0.1) is 12.3 Å². The van der Waals surface area contributed by atoms with Gasteiger partial charge in [-0.1, -0.05) is 6.92 Å². The molecular weight excluding hydrogens is 284 g/mol. The largest absolute Gasteiger partial charge is 0.382 e. The van der Waals surface area contributed by atoms with Gasteiger partial charge in [-0.2, -0.15) is 4.37 Å². The van der Waals surface area contributed by atoms with Crippen molar-refractivity contribution in [3.05, 3.63) is 0 Å². The minimum Gasteiger partial charge on any atom is -0.382 e. The Morgan fingerprint density at radius 3 is 2.61 bits per heavy atom. The van der Waals surface area contributed by atoms with Crippen molar-refractivity contribution in [1.29, 1.82) is 0 Å². The molecule has 0 aromatic carbocycles. The molecule has 18 heavy (non-hydrogen) atoms. The number of aromatic nitrogens is 1. The Labute approximate surface area is 109 Å². The van der Waals surface area contributed by atoms with Crippen LogP contribution in [0.2, 0.25) is 0 Å². The van der Waals surface area contributed by atoms with Gasteiger partial charge in [0.2, 0.25) is 0 Å². The zero-order valence-electron chi connectivity index (χ0n) is 10.1. The van der Waals surface area contributed by atoms with Crippen LogP contribution in [0.15, 0.2) is 4.90 Å². The van der Waals surface area contributed by atoms with Crippen molar-refractivity contribution in [2.75, 3.05) is 30.0 Å². The lowest BCUT2D eigenvalue weighted by Crippen LogP contribution is -2.25. The Hall–Kier alpha value is -0.960. The Balaban J connectivity index is 3.17. The SMILES string of the molecule is CCCS(=O)(=O)c1c(N)nsc1N(C)CC(F)F. The first kappa shape index (κ1) is 15.1. The summed E-state index contributed by atoms with van der Waals surface area (Å²) in [5, 5.41) is 0.168. The lowest BCUT2D eigenvalue weighted by Gasteiger charge is -2.17. The third-order valence-corrected chi connectivity index (χ3v) is 5.28. The highest BCUT2D eigenvalue weighted by Crippen LogP contribution is 2.35. The molecule has 5 nitrogen and oxygen atoms in total. The van der Waals surface area contributed by atoms with Gasteiger partial charge < -0.3 is 10.6 Å². The predicted molar refractivity (Wildman–Crippen MR) is 68.1 cm³/mol. The van der Waals surface area contributed by atoms with Crippen molar-refractivity contribution < 1.29 is 17.2 Å². The molecule has 0 bridgehead atoms. The van der Waals surface area contributed by atoms with Gasteiger partial charge in [-0.15, -0.1) is 0 Å². The third-order valence-electron chi connectivity index (χ3n) is 2.20. The highest BCUT2D eigenvalue weighted by molar-refractivity contribution is 7.91. The number of rotatable bonds is 6. The Bertz CT molecular complexity index is 502. The van der Waals surface area contributed by atoms with Crippen LogP contribution in [-0.2, 0) is 9.84 Å². The molecule has 9 heteroatoms. The summed E-state index contributed by atoms with van der Waals surface area (Å²) in [7, 11) is -2.18. The van der Waals surface area contributed by atoms with Gasteiger partial charge in [-0.05, 0) is 18.0 Å². The van der Waals surface area contributed by atoms with E-state index in [0.717, 1.165) is 11.5 Å². The first-order valence-corrected chi connectivity index (χ1v) is 7.69. The summed E-state index contributed by atoms with van der Waals surface area (Å²) in [6.07, 6.45) is -2.13. The standard InChI is InChI=1S/C9H15F2N3O2S2/c1-3-4-18(15,16)7-8(12)13-17-9(7)14(2)5-6(10)11/h6H,3-5H2,1-2H3,(H2,12,13). The molecule has 0 aliphatic carbocycles. The highest BCUT2D eigenvalue weighted by Gasteiger charge is 2.27. The molecule has 1 heterocycles. The van der Waals surface area contributed by atoms with E-state index in [1.54, 1.807) is 6.92 Å². The fourth-order valence-corrected chi connectivity index (χ4v) is 4.24. The molecule has 0 aliphatic rings. The monoisotopic (exact) mass is 299 g/mol. The highest BCUT2D eigenvalue weighted by atomic mass is 32.2. The first-order chi connectivity index (χ1) is 8.29. The van der Waals surface area contributed by atoms with Gasteiger partial charge in [0.15, 0.2) is 15.7 Å². The lowest BCUT2D eigenvalue weighted by molar-refractivity contribution is 0.156. The second kappa shape index (κ2) is 5.79. The first-order valence-electron chi connectivity index (χ1n) is 5.26. The van der Waals surface area contributed by atoms with Crippen LogP contribution in [0, 0.1) is 0 Å². The summed E-state index contributed by atoms with van der Waals surface area (Å²) in [5.41, 5.74) is 5.53. The average Bonchev–Trinajstić information content (AvgIpc) is 2.59. The molecule has 0 aliphatic heterocycles. The van der Waals surface area contributed by atoms with Gasteiger partial charge in [0, 0.05) is 7.05 Å². The van der Waals surface area contributed by atoms with E-state index in [0.29, 0.717) is 6.42 Å². The van der Waals surface area contributed by atoms with Gasteiger partial charge in [-0.25, -0.2) is 17.2 Å². The predicted octanol–water partition coefficient (Wildman–Crippen LogP) is 1.61. The summed E-state index contributed by atoms with van der Waals surface area (Å²) in [6.45, 7) is 1.16. The minimum atomic E-state index is -3.57. The number of anilines is 2. The van der Waals surface area contributed by atoms with Crippen LogP contribution in [0.3, 0.4) is 0 Å². The van der Waals surface area contributed by atoms with Gasteiger partial charge in [0.25, 0.3) is 6.43 Å². The van der Waals surface area contributed by atoms with Crippen molar-refractivity contribution in [2.45, 2.75) is 24.7 Å². The zero-order chi connectivity index (χ0) is 13.9. The molecule has 2 N–H and O–H groups in total. The van der Waals surface area contributed by atoms with Gasteiger partial charge in [0.1, 0.15) is 9.90 Å². The molecule has 1 rings (SSSR count). The fourth-order valence-electron chi connectivity index (χ4n) is 1.48. The molecule has 1 aromatic heterocycles. The number of nitrogens with two attached hydrogens (primary N) is 1. The number of nitrogen functional groups attached to an aromatic ring is 1. The maximum Gasteiger partial charge on any atom is 0.255 e. The second-order valence-corrected chi connectivity index (χ2v) is 6.59. The molecule has 0 spiro atoms. The molecule has 0 atom stereocenters. The number of sulfone groups is 1. The van der Waals surface area contributed by atoms with Crippen molar-refractivity contribution >= 4 is 32.2 Å². The van der Waals surface area contributed by atoms with Crippen LogP contribution in [0.1, 0.15) is 13.3 Å². The summed E-state index contributed by atoms with van der Waals surface area (Å²) in [4.78, 5) is 1.04. The van der Waals surface area contributed by atoms with E-state index in [4.69, 9.17) is 5.73 Å². The van der Waals surface area contributed by atoms with Gasteiger partial charge in [-0.3, -0.25) is 0 Å². The molecule has 0 amide bonds. The summed E-state index contributed by atoms with van der Waals surface area (Å²) < 4.78 is 52.4. The Morgan fingerprint density at radius 2 is 2.11 bits per heavy atom. The van der Waals surface area contributed by atoms with E-state index in [1.165, 1.54) is 11.9 Å². The van der Waals surface area contributed by atoms with E-state index in [1.807, 2.05) is 0 Å². The number of hydrogen-bond donors (Lipinski definition) is 1. The second-order valence-electron chi connectivity index (χ2n) is 3.79. The maximum absolute atomic E-state index is 12.3. The fraction of sp³-hybridized carbons (Fsp3) is 0.667. The number of halogens is 2. The third kappa shape index (κ3) is 3.29. The molecule has 0 fully saturated rings. The summed E-state index contributed by atoms with van der Waals surface area (Å²) in [6, 6.07) is 0.